The van der Waals surface area contributed by atoms with Crippen LogP contribution in [0.15, 0.2) is 48.7 Å². The van der Waals surface area contributed by atoms with Crippen molar-refractivity contribution in [3.05, 3.63) is 71.4 Å². The van der Waals surface area contributed by atoms with Crippen LogP contribution in [0.4, 0.5) is 4.39 Å². The lowest BCUT2D eigenvalue weighted by Gasteiger charge is -2.32. The Labute approximate surface area is 193 Å². The predicted octanol–water partition coefficient (Wildman–Crippen LogP) is 6.03. The van der Waals surface area contributed by atoms with Crippen LogP contribution in [0.3, 0.4) is 0 Å². The molecule has 0 saturated heterocycles. The van der Waals surface area contributed by atoms with Gasteiger partial charge < -0.3 is 9.88 Å². The lowest BCUT2D eigenvalue weighted by molar-refractivity contribution is 0.0827. The SMILES string of the molecule is CC(c1nc2ccc(C(=O)N(C)C)cc2[nH]1)C1CCC(c2ccnc3ccc(F)cc23)CC1. The minimum Gasteiger partial charge on any atom is -0.345 e. The number of aromatic nitrogens is 3. The lowest BCUT2D eigenvalue weighted by Crippen LogP contribution is -2.21. The van der Waals surface area contributed by atoms with Crippen molar-refractivity contribution < 1.29 is 9.18 Å². The quantitative estimate of drug-likeness (QED) is 0.418. The molecule has 6 heteroatoms. The van der Waals surface area contributed by atoms with Crippen molar-refractivity contribution in [2.75, 3.05) is 14.1 Å². The summed E-state index contributed by atoms with van der Waals surface area (Å²) >= 11 is 0. The van der Waals surface area contributed by atoms with Crippen molar-refractivity contribution >= 4 is 27.8 Å². The van der Waals surface area contributed by atoms with Crippen molar-refractivity contribution in [2.24, 2.45) is 5.92 Å². The molecule has 1 unspecified atom stereocenters. The number of aromatic amines is 1. The van der Waals surface area contributed by atoms with Crippen LogP contribution in [0.2, 0.25) is 0 Å². The van der Waals surface area contributed by atoms with Crippen molar-refractivity contribution in [2.45, 2.75) is 44.4 Å². The number of fused-ring (bicyclic) bond motifs is 2. The van der Waals surface area contributed by atoms with E-state index in [9.17, 15) is 9.18 Å². The summed E-state index contributed by atoms with van der Waals surface area (Å²) in [6.07, 6.45) is 6.20. The fourth-order valence-corrected chi connectivity index (χ4v) is 5.29. The number of carbonyl (C=O) groups is 1. The van der Waals surface area contributed by atoms with Gasteiger partial charge >= 0.3 is 0 Å². The minimum atomic E-state index is -0.209. The summed E-state index contributed by atoms with van der Waals surface area (Å²) < 4.78 is 13.9. The first kappa shape index (κ1) is 21.6. The Bertz CT molecular complexity index is 1320. The molecule has 5 rings (SSSR count). The monoisotopic (exact) mass is 444 g/mol. The Morgan fingerprint density at radius 3 is 2.58 bits per heavy atom. The smallest absolute Gasteiger partial charge is 0.253 e. The Morgan fingerprint density at radius 2 is 1.82 bits per heavy atom. The molecule has 0 aliphatic heterocycles. The van der Waals surface area contributed by atoms with Gasteiger partial charge in [-0.1, -0.05) is 6.92 Å². The number of carbonyl (C=O) groups excluding carboxylic acids is 1. The van der Waals surface area contributed by atoms with E-state index in [-0.39, 0.29) is 11.7 Å². The Kier molecular flexibility index (Phi) is 5.60. The van der Waals surface area contributed by atoms with E-state index in [1.54, 1.807) is 31.1 Å². The Balaban J connectivity index is 1.32. The molecule has 1 saturated carbocycles. The predicted molar refractivity (Wildman–Crippen MR) is 129 cm³/mol. The van der Waals surface area contributed by atoms with E-state index in [1.807, 2.05) is 24.4 Å². The molecule has 2 heterocycles. The highest BCUT2D eigenvalue weighted by molar-refractivity contribution is 5.97. The van der Waals surface area contributed by atoms with Gasteiger partial charge in [0.25, 0.3) is 5.91 Å². The van der Waals surface area contributed by atoms with Crippen LogP contribution in [-0.4, -0.2) is 39.9 Å². The van der Waals surface area contributed by atoms with E-state index >= 15 is 0 Å². The number of hydrogen-bond donors (Lipinski definition) is 1. The van der Waals surface area contributed by atoms with E-state index in [0.29, 0.717) is 23.3 Å². The minimum absolute atomic E-state index is 0.0112. The second-order valence-corrected chi connectivity index (χ2v) is 9.52. The number of imidazole rings is 1. The molecule has 0 bridgehead atoms. The molecule has 170 valence electrons. The van der Waals surface area contributed by atoms with Gasteiger partial charge in [-0.2, -0.15) is 0 Å². The zero-order valence-electron chi connectivity index (χ0n) is 19.3. The van der Waals surface area contributed by atoms with E-state index in [0.717, 1.165) is 53.4 Å². The number of pyridine rings is 1. The molecule has 5 nitrogen and oxygen atoms in total. The lowest BCUT2D eigenvalue weighted by atomic mass is 9.73. The highest BCUT2D eigenvalue weighted by atomic mass is 19.1. The van der Waals surface area contributed by atoms with Gasteiger partial charge in [0.15, 0.2) is 0 Å². The van der Waals surface area contributed by atoms with Gasteiger partial charge in [0.05, 0.1) is 16.6 Å². The van der Waals surface area contributed by atoms with Crippen LogP contribution in [0.1, 0.15) is 66.2 Å². The van der Waals surface area contributed by atoms with Crippen LogP contribution in [0, 0.1) is 11.7 Å². The summed E-state index contributed by atoms with van der Waals surface area (Å²) in [6.45, 7) is 2.24. The van der Waals surface area contributed by atoms with E-state index in [1.165, 1.54) is 11.6 Å². The summed E-state index contributed by atoms with van der Waals surface area (Å²) in [5.41, 5.74) is 4.54. The first-order valence-electron chi connectivity index (χ1n) is 11.7. The molecule has 1 fully saturated rings. The number of halogens is 1. The molecule has 4 aromatic rings. The van der Waals surface area contributed by atoms with Gasteiger partial charge in [0.2, 0.25) is 0 Å². The zero-order chi connectivity index (χ0) is 23.1. The molecular formula is C27H29FN4O. The fourth-order valence-electron chi connectivity index (χ4n) is 5.29. The average molecular weight is 445 g/mol. The molecule has 33 heavy (non-hydrogen) atoms. The van der Waals surface area contributed by atoms with Crippen LogP contribution in [0.5, 0.6) is 0 Å². The molecule has 1 aliphatic rings. The molecule has 1 N–H and O–H groups in total. The maximum absolute atomic E-state index is 13.9. The van der Waals surface area contributed by atoms with Gasteiger partial charge in [0, 0.05) is 37.2 Å². The van der Waals surface area contributed by atoms with Gasteiger partial charge in [0.1, 0.15) is 11.6 Å². The number of H-pyrrole nitrogens is 1. The largest absolute Gasteiger partial charge is 0.345 e. The topological polar surface area (TPSA) is 61.9 Å². The third-order valence-corrected chi connectivity index (χ3v) is 7.24. The standard InChI is InChI=1S/C27H29FN4O/c1-16(26-30-24-10-8-19(14-25(24)31-26)27(33)32(2)3)17-4-6-18(7-5-17)21-12-13-29-23-11-9-20(28)15-22(21)23/h8-18H,4-7H2,1-3H3,(H,30,31). The molecule has 1 aliphatic carbocycles. The Hall–Kier alpha value is -3.28. The third-order valence-electron chi connectivity index (χ3n) is 7.24. The normalized spacial score (nSPS) is 19.6. The van der Waals surface area contributed by atoms with Crippen molar-refractivity contribution in [1.29, 1.82) is 0 Å². The van der Waals surface area contributed by atoms with Crippen LogP contribution in [-0.2, 0) is 0 Å². The molecule has 1 amide bonds. The van der Waals surface area contributed by atoms with Crippen LogP contribution < -0.4 is 0 Å². The van der Waals surface area contributed by atoms with Gasteiger partial charge in [-0.25, -0.2) is 9.37 Å². The summed E-state index contributed by atoms with van der Waals surface area (Å²) in [7, 11) is 3.52. The van der Waals surface area contributed by atoms with Crippen molar-refractivity contribution in [1.82, 2.24) is 19.9 Å². The van der Waals surface area contributed by atoms with Crippen molar-refractivity contribution in [3.63, 3.8) is 0 Å². The number of benzene rings is 2. The third kappa shape index (κ3) is 4.10. The molecule has 2 aromatic carbocycles. The van der Waals surface area contributed by atoms with E-state index < -0.39 is 0 Å². The molecule has 1 atom stereocenters. The van der Waals surface area contributed by atoms with Crippen LogP contribution in [0.25, 0.3) is 21.9 Å². The molecule has 0 spiro atoms. The van der Waals surface area contributed by atoms with E-state index in [4.69, 9.17) is 4.98 Å². The van der Waals surface area contributed by atoms with Gasteiger partial charge in [-0.3, -0.25) is 9.78 Å². The van der Waals surface area contributed by atoms with E-state index in [2.05, 4.69) is 23.0 Å². The fraction of sp³-hybridized carbons (Fsp3) is 0.370. The second kappa shape index (κ2) is 8.58. The zero-order valence-corrected chi connectivity index (χ0v) is 19.3. The number of rotatable bonds is 4. The number of nitrogens with one attached hydrogen (secondary N) is 1. The van der Waals surface area contributed by atoms with Gasteiger partial charge in [-0.15, -0.1) is 0 Å². The Morgan fingerprint density at radius 1 is 1.06 bits per heavy atom. The first-order valence-corrected chi connectivity index (χ1v) is 11.7. The highest BCUT2D eigenvalue weighted by Gasteiger charge is 2.29. The molecule has 2 aromatic heterocycles. The molecular weight excluding hydrogens is 415 g/mol. The maximum Gasteiger partial charge on any atom is 0.253 e. The average Bonchev–Trinajstić information content (AvgIpc) is 3.26. The summed E-state index contributed by atoms with van der Waals surface area (Å²) in [4.78, 5) is 26.6. The highest BCUT2D eigenvalue weighted by Crippen LogP contribution is 2.43. The number of amides is 1. The summed E-state index contributed by atoms with van der Waals surface area (Å²) in [5, 5.41) is 0.939. The summed E-state index contributed by atoms with van der Waals surface area (Å²) in [5.74, 6) is 2.03. The maximum atomic E-state index is 13.9. The number of nitrogens with zero attached hydrogens (tertiary/aromatic N) is 3. The second-order valence-electron chi connectivity index (χ2n) is 9.52. The first-order chi connectivity index (χ1) is 15.9. The van der Waals surface area contributed by atoms with Crippen LogP contribution >= 0.6 is 0 Å². The van der Waals surface area contributed by atoms with Gasteiger partial charge in [-0.05, 0) is 85.5 Å². The summed E-state index contributed by atoms with van der Waals surface area (Å²) in [6, 6.07) is 12.6. The van der Waals surface area contributed by atoms with Crippen molar-refractivity contribution in [3.8, 4) is 0 Å². The number of hydrogen-bond acceptors (Lipinski definition) is 3. The molecule has 0 radical (unpaired) electrons.